The number of rotatable bonds is 6. The highest BCUT2D eigenvalue weighted by Gasteiger charge is 2.16. The van der Waals surface area contributed by atoms with Crippen molar-refractivity contribution in [3.8, 4) is 5.75 Å². The molecule has 0 saturated carbocycles. The molecular formula is C21H22FNO5. The highest BCUT2D eigenvalue weighted by Crippen LogP contribution is 2.22. The summed E-state index contributed by atoms with van der Waals surface area (Å²) in [6.07, 6.45) is 0. The van der Waals surface area contributed by atoms with Crippen molar-refractivity contribution in [2.75, 3.05) is 13.2 Å². The summed E-state index contributed by atoms with van der Waals surface area (Å²) in [4.78, 5) is 35.4. The van der Waals surface area contributed by atoms with Crippen LogP contribution in [0.1, 0.15) is 36.7 Å². The lowest BCUT2D eigenvalue weighted by Crippen LogP contribution is -2.34. The minimum Gasteiger partial charge on any atom is -0.482 e. The van der Waals surface area contributed by atoms with Gasteiger partial charge in [-0.25, -0.2) is 9.18 Å². The van der Waals surface area contributed by atoms with Crippen molar-refractivity contribution in [2.24, 2.45) is 0 Å². The Hall–Kier alpha value is -3.22. The van der Waals surface area contributed by atoms with Gasteiger partial charge in [0.1, 0.15) is 11.6 Å². The quantitative estimate of drug-likeness (QED) is 0.771. The monoisotopic (exact) mass is 387 g/mol. The fourth-order valence-electron chi connectivity index (χ4n) is 2.24. The Kier molecular flexibility index (Phi) is 6.87. The highest BCUT2D eigenvalue weighted by atomic mass is 19.1. The van der Waals surface area contributed by atoms with Gasteiger partial charge in [0.25, 0.3) is 11.8 Å². The molecule has 0 radical (unpaired) electrons. The van der Waals surface area contributed by atoms with E-state index in [0.717, 1.165) is 11.6 Å². The fraction of sp³-hybridized carbons (Fsp3) is 0.286. The number of nitrogens with one attached hydrogen (secondary N) is 1. The molecule has 0 saturated heterocycles. The van der Waals surface area contributed by atoms with E-state index in [1.165, 1.54) is 18.2 Å². The Bertz CT molecular complexity index is 856. The largest absolute Gasteiger partial charge is 0.482 e. The van der Waals surface area contributed by atoms with Gasteiger partial charge in [-0.2, -0.15) is 0 Å². The van der Waals surface area contributed by atoms with Crippen molar-refractivity contribution in [1.29, 1.82) is 0 Å². The zero-order valence-electron chi connectivity index (χ0n) is 16.0. The van der Waals surface area contributed by atoms with E-state index in [9.17, 15) is 18.8 Å². The first-order chi connectivity index (χ1) is 13.1. The van der Waals surface area contributed by atoms with E-state index in [-0.39, 0.29) is 11.2 Å². The van der Waals surface area contributed by atoms with E-state index in [2.05, 4.69) is 26.1 Å². The molecule has 0 aliphatic rings. The van der Waals surface area contributed by atoms with E-state index < -0.39 is 36.8 Å². The topological polar surface area (TPSA) is 81.7 Å². The van der Waals surface area contributed by atoms with Gasteiger partial charge in [0.05, 0.1) is 0 Å². The molecule has 0 bridgehead atoms. The number of carbonyl (C=O) groups excluding carboxylic acids is 3. The average molecular weight is 387 g/mol. The summed E-state index contributed by atoms with van der Waals surface area (Å²) >= 11 is 0. The lowest BCUT2D eigenvalue weighted by Gasteiger charge is -2.19. The maximum Gasteiger partial charge on any atom is 0.344 e. The van der Waals surface area contributed by atoms with E-state index >= 15 is 0 Å². The second kappa shape index (κ2) is 9.12. The van der Waals surface area contributed by atoms with Gasteiger partial charge >= 0.3 is 5.97 Å². The van der Waals surface area contributed by atoms with Gasteiger partial charge in [0.15, 0.2) is 13.2 Å². The molecule has 2 amide bonds. The molecule has 0 heterocycles. The minimum absolute atomic E-state index is 0.0490. The summed E-state index contributed by atoms with van der Waals surface area (Å²) in [5.74, 6) is -2.50. The lowest BCUT2D eigenvalue weighted by molar-refractivity contribution is -0.150. The first-order valence-electron chi connectivity index (χ1n) is 8.64. The number of hydrogen-bond donors (Lipinski definition) is 1. The number of halogens is 1. The van der Waals surface area contributed by atoms with Crippen LogP contribution < -0.4 is 10.1 Å². The Labute approximate surface area is 162 Å². The molecule has 0 fully saturated rings. The van der Waals surface area contributed by atoms with Crippen LogP contribution >= 0.6 is 0 Å². The van der Waals surface area contributed by atoms with Crippen molar-refractivity contribution in [3.63, 3.8) is 0 Å². The predicted octanol–water partition coefficient (Wildman–Crippen LogP) is 3.00. The summed E-state index contributed by atoms with van der Waals surface area (Å²) in [5.41, 5.74) is 1.33. The molecule has 2 aromatic rings. The summed E-state index contributed by atoms with van der Waals surface area (Å²) in [7, 11) is 0. The van der Waals surface area contributed by atoms with Crippen molar-refractivity contribution in [3.05, 3.63) is 65.5 Å². The Morgan fingerprint density at radius 2 is 1.68 bits per heavy atom. The molecule has 0 aromatic heterocycles. The molecule has 28 heavy (non-hydrogen) atoms. The van der Waals surface area contributed by atoms with Crippen molar-refractivity contribution < 1.29 is 28.2 Å². The zero-order chi connectivity index (χ0) is 20.7. The van der Waals surface area contributed by atoms with Crippen LogP contribution in [0.25, 0.3) is 0 Å². The van der Waals surface area contributed by atoms with Gasteiger partial charge in [-0.15, -0.1) is 0 Å². The molecule has 0 atom stereocenters. The van der Waals surface area contributed by atoms with Crippen LogP contribution in [0.3, 0.4) is 0 Å². The number of ether oxygens (including phenoxy) is 2. The standard InChI is InChI=1S/C21H22FNO5/c1-21(2,3)15-9-7-14(8-10-15)20(26)23-18(24)12-28-19(25)13-27-17-6-4-5-16(22)11-17/h4-11H,12-13H2,1-3H3,(H,23,24,26). The van der Waals surface area contributed by atoms with Crippen molar-refractivity contribution in [1.82, 2.24) is 5.32 Å². The molecule has 2 aromatic carbocycles. The van der Waals surface area contributed by atoms with Gasteiger partial charge in [-0.1, -0.05) is 39.0 Å². The maximum absolute atomic E-state index is 13.0. The molecule has 1 N–H and O–H groups in total. The summed E-state index contributed by atoms with van der Waals surface area (Å²) in [5, 5.41) is 2.15. The third-order valence-electron chi connectivity index (χ3n) is 3.78. The van der Waals surface area contributed by atoms with Crippen molar-refractivity contribution >= 4 is 17.8 Å². The Balaban J connectivity index is 1.77. The number of hydrogen-bond acceptors (Lipinski definition) is 5. The van der Waals surface area contributed by atoms with Gasteiger partial charge < -0.3 is 9.47 Å². The minimum atomic E-state index is -0.818. The van der Waals surface area contributed by atoms with Gasteiger partial charge in [-0.05, 0) is 35.2 Å². The van der Waals surface area contributed by atoms with Crippen LogP contribution in [0.15, 0.2) is 48.5 Å². The Morgan fingerprint density at radius 3 is 2.29 bits per heavy atom. The number of carbonyl (C=O) groups is 3. The average Bonchev–Trinajstić information content (AvgIpc) is 2.64. The molecule has 2 rings (SSSR count). The number of benzene rings is 2. The summed E-state index contributed by atoms with van der Waals surface area (Å²) in [6.45, 7) is 5.05. The van der Waals surface area contributed by atoms with Gasteiger partial charge in [0, 0.05) is 11.6 Å². The van der Waals surface area contributed by atoms with Crippen LogP contribution in [0.2, 0.25) is 0 Å². The van der Waals surface area contributed by atoms with Crippen LogP contribution in [0.4, 0.5) is 4.39 Å². The van der Waals surface area contributed by atoms with E-state index in [1.807, 2.05) is 12.1 Å². The van der Waals surface area contributed by atoms with E-state index in [0.29, 0.717) is 5.56 Å². The summed E-state index contributed by atoms with van der Waals surface area (Å²) in [6, 6.07) is 12.2. The molecule has 148 valence electrons. The van der Waals surface area contributed by atoms with E-state index in [1.54, 1.807) is 12.1 Å². The number of amides is 2. The second-order valence-corrected chi connectivity index (χ2v) is 7.11. The molecule has 7 heteroatoms. The predicted molar refractivity (Wildman–Crippen MR) is 100 cm³/mol. The first-order valence-corrected chi connectivity index (χ1v) is 8.64. The maximum atomic E-state index is 13.0. The van der Waals surface area contributed by atoms with Crippen LogP contribution in [0.5, 0.6) is 5.75 Å². The third kappa shape index (κ3) is 6.50. The molecular weight excluding hydrogens is 365 g/mol. The number of esters is 1. The SMILES string of the molecule is CC(C)(C)c1ccc(C(=O)NC(=O)COC(=O)COc2cccc(F)c2)cc1. The second-order valence-electron chi connectivity index (χ2n) is 7.11. The fourth-order valence-corrected chi connectivity index (χ4v) is 2.24. The smallest absolute Gasteiger partial charge is 0.344 e. The molecule has 0 aliphatic carbocycles. The van der Waals surface area contributed by atoms with Crippen LogP contribution in [-0.2, 0) is 19.7 Å². The molecule has 0 spiro atoms. The first kappa shape index (κ1) is 21.1. The summed E-state index contributed by atoms with van der Waals surface area (Å²) < 4.78 is 22.8. The van der Waals surface area contributed by atoms with Crippen molar-refractivity contribution in [2.45, 2.75) is 26.2 Å². The third-order valence-corrected chi connectivity index (χ3v) is 3.78. The van der Waals surface area contributed by atoms with Crippen LogP contribution in [-0.4, -0.2) is 31.0 Å². The van der Waals surface area contributed by atoms with Gasteiger partial charge in [0.2, 0.25) is 0 Å². The molecule has 6 nitrogen and oxygen atoms in total. The highest BCUT2D eigenvalue weighted by molar-refractivity contribution is 6.05. The van der Waals surface area contributed by atoms with Gasteiger partial charge in [-0.3, -0.25) is 14.9 Å². The molecule has 0 aliphatic heterocycles. The lowest BCUT2D eigenvalue weighted by atomic mass is 9.87. The zero-order valence-corrected chi connectivity index (χ0v) is 16.0. The number of imide groups is 1. The normalized spacial score (nSPS) is 10.9. The molecule has 0 unspecified atom stereocenters. The van der Waals surface area contributed by atoms with Crippen LogP contribution in [0, 0.1) is 5.82 Å². The van der Waals surface area contributed by atoms with E-state index in [4.69, 9.17) is 9.47 Å². The Morgan fingerprint density at radius 1 is 1.00 bits per heavy atom.